The molecule has 2 aromatic carbocycles. The number of halogens is 1. The molecule has 19 heteroatoms. The first kappa shape index (κ1) is 59.4. The van der Waals surface area contributed by atoms with Crippen LogP contribution in [-0.2, 0) is 33.2 Å². The van der Waals surface area contributed by atoms with Crippen molar-refractivity contribution in [3.63, 3.8) is 0 Å². The SMILES string of the molecule is CC[C@H]1OC(=O)[C@H](C)[C@@H](O[C@@H]2C[C@@](C)(OC)[C@@H](O)[C@@H](C)O2)[C@H](C)[C@@H](O[C@@H]2O[C@H](C)C[C@H](NC)[C@H]2O)[C@](C)(O)C[C@@H](C)CN(CCCNC(=O)c2cc3c(s2)-c2cc(Cl)ccc2Oc2ccccc2-3)[C@H](C)[C@@H](O)[C@]1(C)O. The molecule has 18 atom stereocenters. The number of rotatable bonds is 12. The minimum Gasteiger partial charge on any atom is -0.459 e. The lowest BCUT2D eigenvalue weighted by molar-refractivity contribution is -0.316. The van der Waals surface area contributed by atoms with Crippen LogP contribution in [0, 0.1) is 17.8 Å². The molecule has 0 unspecified atom stereocenters. The zero-order valence-electron chi connectivity index (χ0n) is 45.6. The molecule has 0 radical (unpaired) electrons. The van der Waals surface area contributed by atoms with Gasteiger partial charge in [0.05, 0.1) is 46.4 Å². The van der Waals surface area contributed by atoms with Crippen LogP contribution in [0.25, 0.3) is 21.6 Å². The van der Waals surface area contributed by atoms with Crippen molar-refractivity contribution >= 4 is 34.8 Å². The Hall–Kier alpha value is -3.31. The molecule has 5 heterocycles. The molecule has 1 amide bonds. The number of esters is 1. The number of cyclic esters (lactones) is 1. The van der Waals surface area contributed by atoms with Crippen molar-refractivity contribution in [2.75, 3.05) is 33.8 Å². The summed E-state index contributed by atoms with van der Waals surface area (Å²) in [4.78, 5) is 32.0. The summed E-state index contributed by atoms with van der Waals surface area (Å²) >= 11 is 7.82. The highest BCUT2D eigenvalue weighted by molar-refractivity contribution is 7.18. The van der Waals surface area contributed by atoms with Gasteiger partial charge in [0.2, 0.25) is 0 Å². The van der Waals surface area contributed by atoms with Gasteiger partial charge in [0, 0.05) is 77.8 Å². The zero-order chi connectivity index (χ0) is 54.9. The number of aliphatic hydroxyl groups is 5. The second-order valence-electron chi connectivity index (χ2n) is 22.3. The number of carbonyl (C=O) groups is 2. The van der Waals surface area contributed by atoms with Crippen molar-refractivity contribution in [3.05, 3.63) is 58.4 Å². The first-order valence-electron chi connectivity index (χ1n) is 26.6. The highest BCUT2D eigenvalue weighted by atomic mass is 35.5. The third-order valence-corrected chi connectivity index (χ3v) is 17.6. The van der Waals surface area contributed by atoms with Crippen LogP contribution in [0.4, 0.5) is 0 Å². The number of carbonyl (C=O) groups excluding carboxylic acids is 2. The van der Waals surface area contributed by atoms with E-state index < -0.39 is 96.0 Å². The first-order valence-corrected chi connectivity index (χ1v) is 27.8. The number of aliphatic hydroxyl groups excluding tert-OH is 3. The molecule has 17 nitrogen and oxygen atoms in total. The van der Waals surface area contributed by atoms with Gasteiger partial charge in [-0.3, -0.25) is 14.5 Å². The Labute approximate surface area is 451 Å². The van der Waals surface area contributed by atoms with E-state index in [1.165, 1.54) is 25.4 Å². The van der Waals surface area contributed by atoms with Crippen molar-refractivity contribution in [1.82, 2.24) is 15.5 Å². The quantitative estimate of drug-likeness (QED) is 0.0566. The Morgan fingerprint density at radius 1 is 0.920 bits per heavy atom. The van der Waals surface area contributed by atoms with Crippen molar-refractivity contribution < 1.29 is 68.3 Å². The molecule has 1 aromatic heterocycles. The maximum Gasteiger partial charge on any atom is 0.311 e. The number of nitrogens with one attached hydrogen (secondary N) is 2. The third-order valence-electron chi connectivity index (χ3n) is 16.2. The number of likely N-dealkylation sites (N-methyl/N-ethyl adjacent to an activating group) is 1. The molecule has 3 saturated heterocycles. The molecule has 7 rings (SSSR count). The Morgan fingerprint density at radius 2 is 1.63 bits per heavy atom. The van der Waals surface area contributed by atoms with E-state index in [1.807, 2.05) is 61.2 Å². The normalized spacial score (nSPS) is 38.1. The fourth-order valence-corrected chi connectivity index (χ4v) is 13.1. The maximum absolute atomic E-state index is 14.6. The Bertz CT molecular complexity index is 2420. The van der Waals surface area contributed by atoms with Gasteiger partial charge in [0.25, 0.3) is 5.91 Å². The summed E-state index contributed by atoms with van der Waals surface area (Å²) in [6.07, 6.45) is -8.87. The summed E-state index contributed by atoms with van der Waals surface area (Å²) in [5.74, 6) is -1.90. The lowest BCUT2D eigenvalue weighted by Crippen LogP contribution is -2.60. The molecule has 4 aliphatic heterocycles. The lowest BCUT2D eigenvalue weighted by Gasteiger charge is -2.48. The fraction of sp³-hybridized carbons (Fsp3) is 0.679. The number of nitrogens with zero attached hydrogens (tertiary/aromatic N) is 1. The molecule has 4 aliphatic rings. The second-order valence-corrected chi connectivity index (χ2v) is 23.8. The van der Waals surface area contributed by atoms with E-state index in [0.29, 0.717) is 47.3 Å². The van der Waals surface area contributed by atoms with Gasteiger partial charge in [-0.15, -0.1) is 11.3 Å². The average molecular weight is 1090 g/mol. The fourth-order valence-electron chi connectivity index (χ4n) is 11.8. The van der Waals surface area contributed by atoms with E-state index in [9.17, 15) is 35.1 Å². The van der Waals surface area contributed by atoms with E-state index in [2.05, 4.69) is 10.6 Å². The predicted molar refractivity (Wildman–Crippen MR) is 286 cm³/mol. The van der Waals surface area contributed by atoms with Crippen molar-refractivity contribution in [2.45, 2.75) is 192 Å². The van der Waals surface area contributed by atoms with Crippen molar-refractivity contribution in [3.8, 4) is 33.1 Å². The number of ether oxygens (including phenoxy) is 7. The van der Waals surface area contributed by atoms with E-state index in [-0.39, 0.29) is 49.8 Å². The number of benzene rings is 2. The van der Waals surface area contributed by atoms with Gasteiger partial charge in [0.1, 0.15) is 41.5 Å². The van der Waals surface area contributed by atoms with Crippen LogP contribution in [-0.4, -0.2) is 166 Å². The highest BCUT2D eigenvalue weighted by Gasteiger charge is 2.53. The van der Waals surface area contributed by atoms with E-state index in [1.54, 1.807) is 61.6 Å². The van der Waals surface area contributed by atoms with Crippen LogP contribution in [0.5, 0.6) is 11.5 Å². The Morgan fingerprint density at radius 3 is 2.32 bits per heavy atom. The Kier molecular flexibility index (Phi) is 19.3. The summed E-state index contributed by atoms with van der Waals surface area (Å²) < 4.78 is 44.4. The minimum absolute atomic E-state index is 0.0894. The molecule has 75 heavy (non-hydrogen) atoms. The van der Waals surface area contributed by atoms with Gasteiger partial charge in [-0.2, -0.15) is 0 Å². The Balaban J connectivity index is 1.17. The first-order chi connectivity index (χ1) is 35.3. The van der Waals surface area contributed by atoms with Crippen molar-refractivity contribution in [1.29, 1.82) is 0 Å². The van der Waals surface area contributed by atoms with Gasteiger partial charge in [-0.25, -0.2) is 0 Å². The molecule has 0 spiro atoms. The summed E-state index contributed by atoms with van der Waals surface area (Å²) in [5.41, 5.74) is -2.19. The van der Waals surface area contributed by atoms with Gasteiger partial charge in [0.15, 0.2) is 12.6 Å². The predicted octanol–water partition coefficient (Wildman–Crippen LogP) is 6.90. The summed E-state index contributed by atoms with van der Waals surface area (Å²) in [5, 5.41) is 67.0. The van der Waals surface area contributed by atoms with Gasteiger partial charge in [-0.05, 0) is 117 Å². The standard InChI is InChI=1S/C56H82ClN3O14S/c1-13-43-56(10,67)48(62)33(6)60(22-16-21-59-51(64)42-25-37-36-17-14-15-18-40(36)71-41-20-19-35(57)24-38(41)47(37)75-42)28-29(2)26-54(8,66)50(74-53-45(61)39(58-11)23-30(3)69-53)31(4)46(32(5)52(65)72-43)73-44-27-55(9,68-12)49(63)34(7)70-44/h14-15,17-20,24-25,29-34,39,43-46,48-50,53,58,61-63,66-67H,13,16,21-23,26-28H2,1-12H3,(H,59,64)/t29-,30-,31+,32-,33-,34-,39+,43-,44-,45-,46+,48-,49+,50-,53+,54-,55-,56-/m1/s1. The number of fused-ring (bicyclic) bond motifs is 5. The number of amides is 1. The topological polar surface area (TPSA) is 227 Å². The summed E-state index contributed by atoms with van der Waals surface area (Å²) in [6.45, 7) is 18.4. The monoisotopic (exact) mass is 1090 g/mol. The van der Waals surface area contributed by atoms with Crippen LogP contribution >= 0.6 is 22.9 Å². The van der Waals surface area contributed by atoms with Gasteiger partial charge >= 0.3 is 5.97 Å². The average Bonchev–Trinajstić information content (AvgIpc) is 3.77. The highest BCUT2D eigenvalue weighted by Crippen LogP contribution is 2.51. The van der Waals surface area contributed by atoms with Crippen LogP contribution in [0.2, 0.25) is 5.02 Å². The molecular weight excluding hydrogens is 1010 g/mol. The van der Waals surface area contributed by atoms with Crippen LogP contribution in [0.1, 0.15) is 111 Å². The minimum atomic E-state index is -1.95. The largest absolute Gasteiger partial charge is 0.459 e. The summed E-state index contributed by atoms with van der Waals surface area (Å²) in [7, 11) is 3.25. The zero-order valence-corrected chi connectivity index (χ0v) is 47.2. The molecule has 3 fully saturated rings. The smallest absolute Gasteiger partial charge is 0.311 e. The van der Waals surface area contributed by atoms with E-state index >= 15 is 0 Å². The number of hydrogen-bond donors (Lipinski definition) is 7. The van der Waals surface area contributed by atoms with Crippen molar-refractivity contribution in [2.24, 2.45) is 17.8 Å². The number of thiophene rings is 1. The molecule has 0 aliphatic carbocycles. The van der Waals surface area contributed by atoms with Gasteiger partial charge in [-0.1, -0.05) is 50.6 Å². The molecular formula is C56H82ClN3O14S. The van der Waals surface area contributed by atoms with Crippen LogP contribution in [0.3, 0.4) is 0 Å². The lowest BCUT2D eigenvalue weighted by atomic mass is 9.77. The van der Waals surface area contributed by atoms with Crippen LogP contribution < -0.4 is 15.4 Å². The third kappa shape index (κ3) is 12.9. The molecule has 418 valence electrons. The second kappa shape index (κ2) is 24.4. The number of hydrogen-bond acceptors (Lipinski definition) is 17. The van der Waals surface area contributed by atoms with E-state index in [4.69, 9.17) is 44.8 Å². The molecule has 0 saturated carbocycles. The van der Waals surface area contributed by atoms with Crippen LogP contribution in [0.15, 0.2) is 48.5 Å². The van der Waals surface area contributed by atoms with E-state index in [0.717, 1.165) is 21.6 Å². The summed E-state index contributed by atoms with van der Waals surface area (Å²) in [6, 6.07) is 13.9. The molecule has 0 bridgehead atoms. The number of para-hydroxylation sites is 1. The number of methoxy groups -OCH3 is 1. The maximum atomic E-state index is 14.6. The molecule has 7 N–H and O–H groups in total. The molecule has 3 aromatic rings. The van der Waals surface area contributed by atoms with Gasteiger partial charge < -0.3 is 69.3 Å².